The molecule has 3 amide bonds. The third kappa shape index (κ3) is 3.74. The molecule has 1 heterocycles. The van der Waals surface area contributed by atoms with Gasteiger partial charge < -0.3 is 10.6 Å². The molecular weight excluding hydrogens is 296 g/mol. The average molecular weight is 314 g/mol. The van der Waals surface area contributed by atoms with Crippen LogP contribution in [0.25, 0.3) is 0 Å². The zero-order valence-corrected chi connectivity index (χ0v) is 12.8. The minimum atomic E-state index is -0.357. The average Bonchev–Trinajstić information content (AvgIpc) is 3.34. The van der Waals surface area contributed by atoms with E-state index in [1.54, 1.807) is 24.3 Å². The highest BCUT2D eigenvalue weighted by atomic mass is 16.2. The number of nitrogens with one attached hydrogen (secondary N) is 2. The molecule has 1 aromatic carbocycles. The van der Waals surface area contributed by atoms with Crippen molar-refractivity contribution < 1.29 is 14.4 Å². The summed E-state index contributed by atoms with van der Waals surface area (Å²) in [5.74, 6) is -0.603. The topological polar surface area (TPSA) is 90.9 Å². The van der Waals surface area contributed by atoms with Gasteiger partial charge in [0, 0.05) is 37.2 Å². The van der Waals surface area contributed by atoms with Crippen LogP contribution in [0.5, 0.6) is 0 Å². The first-order valence-electron chi connectivity index (χ1n) is 7.59. The molecule has 0 atom stereocenters. The maximum Gasteiger partial charge on any atom is 0.271 e. The maximum atomic E-state index is 12.2. The molecule has 120 valence electrons. The van der Waals surface area contributed by atoms with E-state index in [0.29, 0.717) is 23.4 Å². The Morgan fingerprint density at radius 3 is 2.70 bits per heavy atom. The van der Waals surface area contributed by atoms with Crippen LogP contribution < -0.4 is 10.6 Å². The summed E-state index contributed by atoms with van der Waals surface area (Å²) < 4.78 is 0. The highest BCUT2D eigenvalue weighted by Gasteiger charge is 2.24. The summed E-state index contributed by atoms with van der Waals surface area (Å²) in [6, 6.07) is 7.05. The quantitative estimate of drug-likeness (QED) is 0.872. The van der Waals surface area contributed by atoms with E-state index in [9.17, 15) is 14.4 Å². The summed E-state index contributed by atoms with van der Waals surface area (Å²) in [5.41, 5.74) is 1.34. The smallest absolute Gasteiger partial charge is 0.271 e. The van der Waals surface area contributed by atoms with Gasteiger partial charge in [-0.25, -0.2) is 5.01 Å². The number of carbonyl (C=O) groups is 3. The molecule has 1 saturated carbocycles. The van der Waals surface area contributed by atoms with Crippen LogP contribution in [0, 0.1) is 0 Å². The van der Waals surface area contributed by atoms with Crippen molar-refractivity contribution >= 4 is 29.1 Å². The largest absolute Gasteiger partial charge is 0.349 e. The molecule has 2 aliphatic rings. The van der Waals surface area contributed by atoms with Crippen LogP contribution in [-0.4, -0.2) is 41.5 Å². The fourth-order valence-electron chi connectivity index (χ4n) is 2.27. The van der Waals surface area contributed by atoms with E-state index in [4.69, 9.17) is 0 Å². The predicted octanol–water partition coefficient (Wildman–Crippen LogP) is 1.13. The Hall–Kier alpha value is -2.70. The van der Waals surface area contributed by atoms with Crippen LogP contribution in [0.2, 0.25) is 0 Å². The monoisotopic (exact) mass is 314 g/mol. The molecule has 0 radical (unpaired) electrons. The van der Waals surface area contributed by atoms with E-state index in [1.807, 2.05) is 0 Å². The molecule has 0 spiro atoms. The van der Waals surface area contributed by atoms with Gasteiger partial charge >= 0.3 is 0 Å². The summed E-state index contributed by atoms with van der Waals surface area (Å²) >= 11 is 0. The number of rotatable bonds is 4. The zero-order chi connectivity index (χ0) is 16.4. The lowest BCUT2D eigenvalue weighted by atomic mass is 10.1. The molecule has 23 heavy (non-hydrogen) atoms. The van der Waals surface area contributed by atoms with E-state index >= 15 is 0 Å². The lowest BCUT2D eigenvalue weighted by Gasteiger charge is -2.19. The van der Waals surface area contributed by atoms with Crippen LogP contribution in [0.15, 0.2) is 29.4 Å². The minimum Gasteiger partial charge on any atom is -0.349 e. The van der Waals surface area contributed by atoms with Crippen LogP contribution in [0.4, 0.5) is 5.69 Å². The second-order valence-electron chi connectivity index (χ2n) is 5.75. The number of hydrazone groups is 1. The second-order valence-corrected chi connectivity index (χ2v) is 5.75. The predicted molar refractivity (Wildman–Crippen MR) is 85.0 cm³/mol. The lowest BCUT2D eigenvalue weighted by molar-refractivity contribution is -0.130. The molecule has 1 aromatic rings. The Labute approximate surface area is 133 Å². The van der Waals surface area contributed by atoms with E-state index in [2.05, 4.69) is 15.7 Å². The van der Waals surface area contributed by atoms with E-state index in [0.717, 1.165) is 12.8 Å². The third-order valence-electron chi connectivity index (χ3n) is 3.76. The highest BCUT2D eigenvalue weighted by molar-refractivity contribution is 6.43. The first-order valence-corrected chi connectivity index (χ1v) is 7.59. The SMILES string of the molecule is CN1N=C(C(=O)Nc2cccc(C(=O)NC3CC3)c2)CCC1=O. The molecule has 1 aliphatic heterocycles. The summed E-state index contributed by atoms with van der Waals surface area (Å²) in [4.78, 5) is 35.6. The van der Waals surface area contributed by atoms with Gasteiger partial charge in [0.2, 0.25) is 5.91 Å². The fourth-order valence-corrected chi connectivity index (χ4v) is 2.27. The van der Waals surface area contributed by atoms with Crippen molar-refractivity contribution in [2.75, 3.05) is 12.4 Å². The third-order valence-corrected chi connectivity index (χ3v) is 3.76. The molecule has 1 aliphatic carbocycles. The molecular formula is C16H18N4O3. The van der Waals surface area contributed by atoms with Crippen molar-refractivity contribution in [2.24, 2.45) is 5.10 Å². The normalized spacial score (nSPS) is 17.5. The Bertz CT molecular complexity index is 694. The molecule has 0 saturated heterocycles. The molecule has 3 rings (SSSR count). The Morgan fingerprint density at radius 1 is 1.22 bits per heavy atom. The van der Waals surface area contributed by atoms with Crippen molar-refractivity contribution in [3.8, 4) is 0 Å². The first kappa shape index (κ1) is 15.2. The summed E-state index contributed by atoms with van der Waals surface area (Å²) in [6.45, 7) is 0. The number of hydrogen-bond acceptors (Lipinski definition) is 4. The van der Waals surface area contributed by atoms with Gasteiger partial charge in [-0.1, -0.05) is 6.07 Å². The van der Waals surface area contributed by atoms with E-state index < -0.39 is 0 Å². The van der Waals surface area contributed by atoms with Crippen LogP contribution in [-0.2, 0) is 9.59 Å². The van der Waals surface area contributed by atoms with Gasteiger partial charge in [-0.05, 0) is 31.0 Å². The highest BCUT2D eigenvalue weighted by Crippen LogP contribution is 2.20. The second kappa shape index (κ2) is 6.20. The van der Waals surface area contributed by atoms with Crippen molar-refractivity contribution in [3.63, 3.8) is 0 Å². The van der Waals surface area contributed by atoms with Crippen molar-refractivity contribution in [1.82, 2.24) is 10.3 Å². The van der Waals surface area contributed by atoms with E-state index in [1.165, 1.54) is 12.1 Å². The van der Waals surface area contributed by atoms with Crippen LogP contribution in [0.1, 0.15) is 36.0 Å². The van der Waals surface area contributed by atoms with Gasteiger partial charge in [-0.15, -0.1) is 0 Å². The van der Waals surface area contributed by atoms with Gasteiger partial charge in [0.15, 0.2) is 0 Å². The van der Waals surface area contributed by atoms with Crippen molar-refractivity contribution in [1.29, 1.82) is 0 Å². The van der Waals surface area contributed by atoms with Crippen LogP contribution in [0.3, 0.4) is 0 Å². The molecule has 0 bridgehead atoms. The summed E-state index contributed by atoms with van der Waals surface area (Å²) in [5, 5.41) is 10.8. The standard InChI is InChI=1S/C16H18N4O3/c1-20-14(21)8-7-13(19-20)16(23)18-12-4-2-3-10(9-12)15(22)17-11-5-6-11/h2-4,9,11H,5-8H2,1H3,(H,17,22)(H,18,23). The number of hydrogen-bond donors (Lipinski definition) is 2. The van der Waals surface area contributed by atoms with Gasteiger partial charge in [-0.3, -0.25) is 14.4 Å². The van der Waals surface area contributed by atoms with Crippen LogP contribution >= 0.6 is 0 Å². The molecule has 1 fully saturated rings. The minimum absolute atomic E-state index is 0.111. The Kier molecular flexibility index (Phi) is 4.10. The van der Waals surface area contributed by atoms with E-state index in [-0.39, 0.29) is 30.2 Å². The Morgan fingerprint density at radius 2 is 2.00 bits per heavy atom. The van der Waals surface area contributed by atoms with Gasteiger partial charge in [-0.2, -0.15) is 5.10 Å². The molecule has 2 N–H and O–H groups in total. The Balaban J connectivity index is 1.67. The number of anilines is 1. The number of nitrogens with zero attached hydrogens (tertiary/aromatic N) is 2. The van der Waals surface area contributed by atoms with Crippen molar-refractivity contribution in [3.05, 3.63) is 29.8 Å². The number of benzene rings is 1. The molecule has 0 unspecified atom stereocenters. The molecule has 0 aromatic heterocycles. The van der Waals surface area contributed by atoms with Gasteiger partial charge in [0.25, 0.3) is 11.8 Å². The van der Waals surface area contributed by atoms with Gasteiger partial charge in [0.05, 0.1) is 0 Å². The zero-order valence-electron chi connectivity index (χ0n) is 12.8. The fraction of sp³-hybridized carbons (Fsp3) is 0.375. The number of carbonyl (C=O) groups excluding carboxylic acids is 3. The van der Waals surface area contributed by atoms with Gasteiger partial charge in [0.1, 0.15) is 5.71 Å². The number of amides is 3. The summed E-state index contributed by atoms with van der Waals surface area (Å²) in [7, 11) is 1.53. The lowest BCUT2D eigenvalue weighted by Crippen LogP contribution is -2.34. The maximum absolute atomic E-state index is 12.2. The molecule has 7 nitrogen and oxygen atoms in total. The molecule has 7 heteroatoms. The summed E-state index contributed by atoms with van der Waals surface area (Å²) in [6.07, 6.45) is 2.63. The van der Waals surface area contributed by atoms with Crippen molar-refractivity contribution in [2.45, 2.75) is 31.7 Å². The first-order chi connectivity index (χ1) is 11.0.